The molecule has 2 atom stereocenters. The molecular formula is C19H28N2O. The Labute approximate surface area is 134 Å². The van der Waals surface area contributed by atoms with Crippen LogP contribution in [0.25, 0.3) is 0 Å². The van der Waals surface area contributed by atoms with Crippen LogP contribution < -0.4 is 5.32 Å². The van der Waals surface area contributed by atoms with E-state index in [4.69, 9.17) is 0 Å². The first-order valence-corrected chi connectivity index (χ1v) is 8.76. The van der Waals surface area contributed by atoms with Crippen molar-refractivity contribution >= 4 is 11.6 Å². The molecular weight excluding hydrogens is 272 g/mol. The van der Waals surface area contributed by atoms with Gasteiger partial charge in [-0.15, -0.1) is 0 Å². The normalized spacial score (nSPS) is 24.7. The molecule has 2 fully saturated rings. The summed E-state index contributed by atoms with van der Waals surface area (Å²) in [4.78, 5) is 14.8. The fourth-order valence-electron chi connectivity index (χ4n) is 4.22. The third-order valence-corrected chi connectivity index (χ3v) is 5.38. The fourth-order valence-corrected chi connectivity index (χ4v) is 4.22. The minimum absolute atomic E-state index is 0.275. The van der Waals surface area contributed by atoms with E-state index in [1.54, 1.807) is 0 Å². The fraction of sp³-hybridized carbons (Fsp3) is 0.632. The Balaban J connectivity index is 1.61. The van der Waals surface area contributed by atoms with Crippen LogP contribution in [0.1, 0.15) is 49.7 Å². The van der Waals surface area contributed by atoms with Crippen LogP contribution in [0.3, 0.4) is 0 Å². The van der Waals surface area contributed by atoms with Crippen molar-refractivity contribution in [1.82, 2.24) is 4.90 Å². The highest BCUT2D eigenvalue weighted by molar-refractivity contribution is 5.81. The number of carbonyl (C=O) groups excluding carboxylic acids is 1. The summed E-state index contributed by atoms with van der Waals surface area (Å²) in [6.45, 7) is 5.57. The van der Waals surface area contributed by atoms with Crippen molar-refractivity contribution in [2.75, 3.05) is 18.4 Å². The Morgan fingerprint density at radius 1 is 1.18 bits per heavy atom. The smallest absolute Gasteiger partial charge is 0.242 e. The van der Waals surface area contributed by atoms with Crippen LogP contribution in [0.15, 0.2) is 18.2 Å². The maximum absolute atomic E-state index is 12.7. The van der Waals surface area contributed by atoms with E-state index >= 15 is 0 Å². The summed E-state index contributed by atoms with van der Waals surface area (Å²) in [5.41, 5.74) is 3.55. The van der Waals surface area contributed by atoms with Gasteiger partial charge < -0.3 is 10.2 Å². The summed E-state index contributed by atoms with van der Waals surface area (Å²) in [6, 6.07) is 6.84. The number of benzene rings is 1. The second-order valence-electron chi connectivity index (χ2n) is 7.01. The molecule has 1 N–H and O–H groups in total. The zero-order valence-electron chi connectivity index (χ0n) is 13.9. The summed E-state index contributed by atoms with van der Waals surface area (Å²) in [7, 11) is 0. The molecule has 0 spiro atoms. The standard InChI is InChI=1S/C19H28N2O/c1-14-9-10-17(15(2)12-14)20-13-19(22)21-11-5-7-16-6-3-4-8-18(16)21/h9-10,12,16,18,20H,3-8,11,13H2,1-2H3. The van der Waals surface area contributed by atoms with E-state index in [1.165, 1.54) is 49.7 Å². The first-order valence-electron chi connectivity index (χ1n) is 8.76. The highest BCUT2D eigenvalue weighted by atomic mass is 16.2. The number of rotatable bonds is 3. The first-order chi connectivity index (χ1) is 10.6. The molecule has 1 aliphatic heterocycles. The lowest BCUT2D eigenvalue weighted by Crippen LogP contribution is -2.51. The average molecular weight is 300 g/mol. The number of anilines is 1. The van der Waals surface area contributed by atoms with Gasteiger partial charge in [0.05, 0.1) is 6.54 Å². The molecule has 1 aromatic rings. The molecule has 3 rings (SSSR count). The molecule has 1 aliphatic carbocycles. The van der Waals surface area contributed by atoms with Gasteiger partial charge in [-0.2, -0.15) is 0 Å². The largest absolute Gasteiger partial charge is 0.376 e. The number of amides is 1. The number of hydrogen-bond acceptors (Lipinski definition) is 2. The van der Waals surface area contributed by atoms with Crippen LogP contribution in [-0.2, 0) is 4.79 Å². The van der Waals surface area contributed by atoms with Crippen LogP contribution >= 0.6 is 0 Å². The van der Waals surface area contributed by atoms with E-state index in [2.05, 4.69) is 42.3 Å². The lowest BCUT2D eigenvalue weighted by molar-refractivity contribution is -0.135. The van der Waals surface area contributed by atoms with Crippen molar-refractivity contribution in [3.8, 4) is 0 Å². The van der Waals surface area contributed by atoms with Gasteiger partial charge in [-0.1, -0.05) is 30.5 Å². The summed E-state index contributed by atoms with van der Waals surface area (Å²) in [5.74, 6) is 1.03. The van der Waals surface area contributed by atoms with Crippen molar-refractivity contribution in [2.24, 2.45) is 5.92 Å². The predicted molar refractivity (Wildman–Crippen MR) is 91.1 cm³/mol. The molecule has 3 nitrogen and oxygen atoms in total. The first kappa shape index (κ1) is 15.4. The van der Waals surface area contributed by atoms with E-state index in [0.717, 1.165) is 18.2 Å². The van der Waals surface area contributed by atoms with Gasteiger partial charge in [0.2, 0.25) is 5.91 Å². The lowest BCUT2D eigenvalue weighted by atomic mass is 9.78. The molecule has 22 heavy (non-hydrogen) atoms. The minimum Gasteiger partial charge on any atom is -0.376 e. The van der Waals surface area contributed by atoms with Crippen molar-refractivity contribution in [3.05, 3.63) is 29.3 Å². The third-order valence-electron chi connectivity index (χ3n) is 5.38. The Morgan fingerprint density at radius 2 is 1.95 bits per heavy atom. The van der Waals surface area contributed by atoms with Crippen molar-refractivity contribution in [1.29, 1.82) is 0 Å². The van der Waals surface area contributed by atoms with Gasteiger partial charge in [-0.05, 0) is 57.1 Å². The molecule has 1 saturated carbocycles. The van der Waals surface area contributed by atoms with Gasteiger partial charge in [-0.25, -0.2) is 0 Å². The van der Waals surface area contributed by atoms with Crippen molar-refractivity contribution < 1.29 is 4.79 Å². The third kappa shape index (κ3) is 3.29. The zero-order chi connectivity index (χ0) is 15.5. The predicted octanol–water partition coefficient (Wildman–Crippen LogP) is 3.90. The summed E-state index contributed by atoms with van der Waals surface area (Å²) >= 11 is 0. The average Bonchev–Trinajstić information content (AvgIpc) is 2.53. The van der Waals surface area contributed by atoms with Crippen LogP contribution in [0.2, 0.25) is 0 Å². The van der Waals surface area contributed by atoms with Gasteiger partial charge in [0, 0.05) is 18.3 Å². The molecule has 120 valence electrons. The highest BCUT2D eigenvalue weighted by Gasteiger charge is 2.35. The Bertz CT molecular complexity index is 538. The maximum Gasteiger partial charge on any atom is 0.242 e. The van der Waals surface area contributed by atoms with E-state index in [9.17, 15) is 4.79 Å². The number of aryl methyl sites for hydroxylation is 2. The van der Waals surface area contributed by atoms with Crippen molar-refractivity contribution in [2.45, 2.75) is 58.4 Å². The van der Waals surface area contributed by atoms with Gasteiger partial charge >= 0.3 is 0 Å². The molecule has 0 aromatic heterocycles. The second kappa shape index (κ2) is 6.72. The Hall–Kier alpha value is -1.51. The van der Waals surface area contributed by atoms with Crippen molar-refractivity contribution in [3.63, 3.8) is 0 Å². The van der Waals surface area contributed by atoms with Gasteiger partial charge in [-0.3, -0.25) is 4.79 Å². The van der Waals surface area contributed by atoms with E-state index in [-0.39, 0.29) is 5.91 Å². The Kier molecular flexibility index (Phi) is 4.70. The van der Waals surface area contributed by atoms with E-state index in [0.29, 0.717) is 12.6 Å². The summed E-state index contributed by atoms with van der Waals surface area (Å²) in [5, 5.41) is 3.34. The van der Waals surface area contributed by atoms with E-state index < -0.39 is 0 Å². The molecule has 2 unspecified atom stereocenters. The molecule has 0 radical (unpaired) electrons. The number of piperidine rings is 1. The number of nitrogens with zero attached hydrogens (tertiary/aromatic N) is 1. The quantitative estimate of drug-likeness (QED) is 0.918. The molecule has 0 bridgehead atoms. The zero-order valence-corrected chi connectivity index (χ0v) is 13.9. The van der Waals surface area contributed by atoms with Gasteiger partial charge in [0.1, 0.15) is 0 Å². The number of likely N-dealkylation sites (tertiary alicyclic amines) is 1. The Morgan fingerprint density at radius 3 is 2.77 bits per heavy atom. The lowest BCUT2D eigenvalue weighted by Gasteiger charge is -2.44. The molecule has 1 saturated heterocycles. The van der Waals surface area contributed by atoms with Gasteiger partial charge in [0.15, 0.2) is 0 Å². The van der Waals surface area contributed by atoms with Crippen LogP contribution in [0.5, 0.6) is 0 Å². The SMILES string of the molecule is Cc1ccc(NCC(=O)N2CCCC3CCCCC32)c(C)c1. The summed E-state index contributed by atoms with van der Waals surface area (Å²) in [6.07, 6.45) is 7.66. The second-order valence-corrected chi connectivity index (χ2v) is 7.01. The molecule has 3 heteroatoms. The van der Waals surface area contributed by atoms with Crippen LogP contribution in [-0.4, -0.2) is 29.9 Å². The highest BCUT2D eigenvalue weighted by Crippen LogP contribution is 2.35. The van der Waals surface area contributed by atoms with Crippen LogP contribution in [0, 0.1) is 19.8 Å². The van der Waals surface area contributed by atoms with Crippen LogP contribution in [0.4, 0.5) is 5.69 Å². The monoisotopic (exact) mass is 300 g/mol. The molecule has 2 aliphatic rings. The summed E-state index contributed by atoms with van der Waals surface area (Å²) < 4.78 is 0. The molecule has 1 aromatic carbocycles. The maximum atomic E-state index is 12.7. The number of fused-ring (bicyclic) bond motifs is 1. The van der Waals surface area contributed by atoms with E-state index in [1.807, 2.05) is 0 Å². The molecule has 1 heterocycles. The van der Waals surface area contributed by atoms with Gasteiger partial charge in [0.25, 0.3) is 0 Å². The minimum atomic E-state index is 0.275. The topological polar surface area (TPSA) is 32.3 Å². The number of hydrogen-bond donors (Lipinski definition) is 1. The number of nitrogens with one attached hydrogen (secondary N) is 1. The molecule has 1 amide bonds. The number of carbonyl (C=O) groups is 1.